The largest absolute Gasteiger partial charge is 0.508 e. The Hall–Kier alpha value is -0.980. The van der Waals surface area contributed by atoms with Crippen LogP contribution in [0.3, 0.4) is 0 Å². The van der Waals surface area contributed by atoms with Crippen molar-refractivity contribution in [2.45, 2.75) is 6.42 Å². The van der Waals surface area contributed by atoms with Gasteiger partial charge in [-0.1, -0.05) is 12.1 Å². The predicted molar refractivity (Wildman–Crippen MR) is 36.1 cm³/mol. The Morgan fingerprint density at radius 1 is 1.44 bits per heavy atom. The van der Waals surface area contributed by atoms with Crippen LogP contribution in [-0.4, -0.2) is 5.11 Å². The molecule has 0 heterocycles. The van der Waals surface area contributed by atoms with E-state index >= 15 is 0 Å². The highest BCUT2D eigenvalue weighted by atomic mass is 16.3. The van der Waals surface area contributed by atoms with E-state index in [1.165, 1.54) is 0 Å². The van der Waals surface area contributed by atoms with Crippen molar-refractivity contribution in [3.8, 4) is 5.75 Å². The third-order valence-corrected chi connectivity index (χ3v) is 1.15. The van der Waals surface area contributed by atoms with E-state index in [0.29, 0.717) is 6.42 Å². The molecular formula is C8H8O. The molecule has 0 aromatic heterocycles. The second kappa shape index (κ2) is 2.53. The zero-order valence-corrected chi connectivity index (χ0v) is 5.04. The van der Waals surface area contributed by atoms with E-state index in [2.05, 4.69) is 0 Å². The Kier molecular flexibility index (Phi) is 1.73. The molecule has 1 nitrogen and oxygen atoms in total. The summed E-state index contributed by atoms with van der Waals surface area (Å²) in [4.78, 5) is 0. The van der Waals surface area contributed by atoms with Crippen molar-refractivity contribution >= 4 is 0 Å². The summed E-state index contributed by atoms with van der Waals surface area (Å²) in [7, 11) is 0. The third-order valence-electron chi connectivity index (χ3n) is 1.15. The number of phenols is 1. The Balaban J connectivity index is 2.94. The highest BCUT2D eigenvalue weighted by Gasteiger charge is 1.88. The van der Waals surface area contributed by atoms with E-state index in [0.717, 1.165) is 5.56 Å². The Labute approximate surface area is 55.0 Å². The molecular weight excluding hydrogens is 112 g/mol. The summed E-state index contributed by atoms with van der Waals surface area (Å²) in [5, 5.41) is 8.89. The molecule has 0 aliphatic carbocycles. The van der Waals surface area contributed by atoms with Crippen LogP contribution in [0.5, 0.6) is 5.75 Å². The zero-order valence-electron chi connectivity index (χ0n) is 5.04. The van der Waals surface area contributed by atoms with Crippen LogP contribution in [-0.2, 0) is 6.42 Å². The lowest BCUT2D eigenvalue weighted by molar-refractivity contribution is 0.474. The molecule has 0 saturated carbocycles. The van der Waals surface area contributed by atoms with E-state index in [1.807, 2.05) is 6.07 Å². The van der Waals surface area contributed by atoms with Gasteiger partial charge in [0.15, 0.2) is 0 Å². The zero-order chi connectivity index (χ0) is 6.69. The minimum absolute atomic E-state index is 0.276. The Morgan fingerprint density at radius 3 is 2.67 bits per heavy atom. The highest BCUT2D eigenvalue weighted by Crippen LogP contribution is 2.10. The van der Waals surface area contributed by atoms with Gasteiger partial charge >= 0.3 is 0 Å². The van der Waals surface area contributed by atoms with Crippen LogP contribution in [0.1, 0.15) is 5.56 Å². The molecule has 1 aromatic rings. The quantitative estimate of drug-likeness (QED) is 0.597. The van der Waals surface area contributed by atoms with E-state index in [9.17, 15) is 0 Å². The molecule has 0 amide bonds. The lowest BCUT2D eigenvalue weighted by Gasteiger charge is -1.94. The van der Waals surface area contributed by atoms with Crippen LogP contribution < -0.4 is 0 Å². The van der Waals surface area contributed by atoms with Crippen molar-refractivity contribution in [2.75, 3.05) is 0 Å². The summed E-state index contributed by atoms with van der Waals surface area (Å²) in [5.74, 6) is 0.276. The highest BCUT2D eigenvalue weighted by molar-refractivity contribution is 5.27. The molecule has 0 fully saturated rings. The summed E-state index contributed by atoms with van der Waals surface area (Å²) in [6.45, 7) is 5.31. The molecule has 0 spiro atoms. The number of hydrogen-bond donors (Lipinski definition) is 1. The molecule has 1 heteroatoms. The molecule has 0 unspecified atom stereocenters. The molecule has 9 heavy (non-hydrogen) atoms. The van der Waals surface area contributed by atoms with Gasteiger partial charge in [-0.3, -0.25) is 0 Å². The first kappa shape index (κ1) is 6.14. The molecule has 1 N–H and O–H groups in total. The standard InChI is InChI=1S/C8H8O/c1-2-7-4-3-5-8(9)6-7/h1,3-6,9H,2H2. The lowest BCUT2D eigenvalue weighted by atomic mass is 10.2. The summed E-state index contributed by atoms with van der Waals surface area (Å²) >= 11 is 0. The monoisotopic (exact) mass is 120 g/mol. The van der Waals surface area contributed by atoms with Crippen LogP contribution >= 0.6 is 0 Å². The normalized spacial score (nSPS) is 9.44. The number of hydrogen-bond acceptors (Lipinski definition) is 1. The fraction of sp³-hybridized carbons (Fsp3) is 0.125. The summed E-state index contributed by atoms with van der Waals surface area (Å²) in [6.07, 6.45) is 0.481. The van der Waals surface area contributed by atoms with Crippen molar-refractivity contribution in [2.24, 2.45) is 0 Å². The molecule has 0 atom stereocenters. The van der Waals surface area contributed by atoms with Crippen molar-refractivity contribution in [1.29, 1.82) is 0 Å². The molecule has 0 saturated heterocycles. The lowest BCUT2D eigenvalue weighted by Crippen LogP contribution is -1.76. The summed E-state index contributed by atoms with van der Waals surface area (Å²) in [5.41, 5.74) is 0.954. The summed E-state index contributed by atoms with van der Waals surface area (Å²) in [6, 6.07) is 6.93. The maximum Gasteiger partial charge on any atom is 0.115 e. The van der Waals surface area contributed by atoms with Crippen LogP contribution in [0.15, 0.2) is 24.3 Å². The molecule has 2 radical (unpaired) electrons. The fourth-order valence-electron chi connectivity index (χ4n) is 0.683. The number of rotatable bonds is 1. The SMILES string of the molecule is [CH]Cc1cccc(O)c1. The number of aromatic hydroxyl groups is 1. The number of benzene rings is 1. The van der Waals surface area contributed by atoms with Crippen molar-refractivity contribution in [1.82, 2.24) is 0 Å². The molecule has 0 bridgehead atoms. The van der Waals surface area contributed by atoms with Gasteiger partial charge in [0.05, 0.1) is 0 Å². The van der Waals surface area contributed by atoms with E-state index in [-0.39, 0.29) is 5.75 Å². The molecule has 1 rings (SSSR count). The van der Waals surface area contributed by atoms with Crippen LogP contribution in [0, 0.1) is 6.92 Å². The molecule has 0 aliphatic rings. The van der Waals surface area contributed by atoms with Gasteiger partial charge in [0, 0.05) is 0 Å². The van der Waals surface area contributed by atoms with Gasteiger partial charge in [0.2, 0.25) is 0 Å². The third kappa shape index (κ3) is 1.46. The van der Waals surface area contributed by atoms with E-state index in [1.54, 1.807) is 18.2 Å². The second-order valence-electron chi connectivity index (χ2n) is 1.87. The molecule has 1 aromatic carbocycles. The van der Waals surface area contributed by atoms with Gasteiger partial charge < -0.3 is 5.11 Å². The first-order chi connectivity index (χ1) is 4.33. The molecule has 0 aliphatic heterocycles. The van der Waals surface area contributed by atoms with Gasteiger partial charge in [-0.15, -0.1) is 0 Å². The van der Waals surface area contributed by atoms with Gasteiger partial charge in [0.1, 0.15) is 5.75 Å². The van der Waals surface area contributed by atoms with E-state index in [4.69, 9.17) is 12.0 Å². The average molecular weight is 120 g/mol. The van der Waals surface area contributed by atoms with Gasteiger partial charge in [-0.2, -0.15) is 0 Å². The number of phenolic OH excluding ortho intramolecular Hbond substituents is 1. The summed E-state index contributed by atoms with van der Waals surface area (Å²) < 4.78 is 0. The first-order valence-corrected chi connectivity index (χ1v) is 2.81. The topological polar surface area (TPSA) is 20.2 Å². The van der Waals surface area contributed by atoms with Gasteiger partial charge in [-0.25, -0.2) is 0 Å². The van der Waals surface area contributed by atoms with Crippen LogP contribution in [0.4, 0.5) is 0 Å². The van der Waals surface area contributed by atoms with Gasteiger partial charge in [-0.05, 0) is 31.0 Å². The Morgan fingerprint density at radius 2 is 2.22 bits per heavy atom. The minimum Gasteiger partial charge on any atom is -0.508 e. The first-order valence-electron chi connectivity index (χ1n) is 2.81. The average Bonchev–Trinajstić information content (AvgIpc) is 1.88. The second-order valence-corrected chi connectivity index (χ2v) is 1.87. The fourth-order valence-corrected chi connectivity index (χ4v) is 0.683. The van der Waals surface area contributed by atoms with Crippen molar-refractivity contribution < 1.29 is 5.11 Å². The van der Waals surface area contributed by atoms with Crippen molar-refractivity contribution in [3.05, 3.63) is 36.8 Å². The van der Waals surface area contributed by atoms with Crippen molar-refractivity contribution in [3.63, 3.8) is 0 Å². The predicted octanol–water partition coefficient (Wildman–Crippen LogP) is 1.65. The maximum absolute atomic E-state index is 8.89. The minimum atomic E-state index is 0.276. The van der Waals surface area contributed by atoms with Crippen LogP contribution in [0.25, 0.3) is 0 Å². The smallest absolute Gasteiger partial charge is 0.115 e. The maximum atomic E-state index is 8.89. The molecule has 46 valence electrons. The van der Waals surface area contributed by atoms with Crippen LogP contribution in [0.2, 0.25) is 0 Å². The van der Waals surface area contributed by atoms with Gasteiger partial charge in [0.25, 0.3) is 0 Å². The van der Waals surface area contributed by atoms with E-state index < -0.39 is 0 Å². The Bertz CT molecular complexity index is 194.